The average Bonchev–Trinajstić information content (AvgIpc) is 2.36. The Morgan fingerprint density at radius 1 is 1.28 bits per heavy atom. The van der Waals surface area contributed by atoms with E-state index in [0.29, 0.717) is 0 Å². The molecule has 18 heavy (non-hydrogen) atoms. The van der Waals surface area contributed by atoms with Crippen LogP contribution < -0.4 is 0 Å². The first kappa shape index (κ1) is 12.9. The molecule has 0 aliphatic heterocycles. The number of aromatic nitrogens is 1. The number of nitrogens with zero attached hydrogens (tertiary/aromatic N) is 1. The minimum atomic E-state index is 1.04. The molecule has 0 atom stereocenters. The maximum Gasteiger partial charge on any atom is 0.0712 e. The summed E-state index contributed by atoms with van der Waals surface area (Å²) < 4.78 is 0. The molecule has 0 unspecified atom stereocenters. The number of fused-ring (bicyclic) bond motifs is 1. The molecule has 0 aliphatic rings. The average molecular weight is 255 g/mol. The number of rotatable bonds is 3. The van der Waals surface area contributed by atoms with Crippen LogP contribution in [0.3, 0.4) is 0 Å². The van der Waals surface area contributed by atoms with E-state index >= 15 is 0 Å². The molecule has 0 bridgehead atoms. The van der Waals surface area contributed by atoms with Gasteiger partial charge in [0.2, 0.25) is 0 Å². The monoisotopic (exact) mass is 255 g/mol. The summed E-state index contributed by atoms with van der Waals surface area (Å²) in [4.78, 5) is 5.79. The van der Waals surface area contributed by atoms with Crippen molar-refractivity contribution in [2.75, 3.05) is 0 Å². The first-order valence-corrected chi connectivity index (χ1v) is 6.81. The topological polar surface area (TPSA) is 12.9 Å². The molecule has 0 spiro atoms. The van der Waals surface area contributed by atoms with E-state index in [9.17, 15) is 0 Å². The molecule has 2 aromatic rings. The lowest BCUT2D eigenvalue weighted by Crippen LogP contribution is -1.90. The zero-order valence-electron chi connectivity index (χ0n) is 11.0. The Balaban J connectivity index is 2.46. The summed E-state index contributed by atoms with van der Waals surface area (Å²) in [5, 5.41) is 3.33. The molecule has 0 radical (unpaired) electrons. The van der Waals surface area contributed by atoms with E-state index in [2.05, 4.69) is 50.1 Å². The van der Waals surface area contributed by atoms with Crippen molar-refractivity contribution in [1.29, 1.82) is 0 Å². The van der Waals surface area contributed by atoms with Crippen molar-refractivity contribution >= 4 is 28.2 Å². The molecular weight excluding hydrogens is 238 g/mol. The van der Waals surface area contributed by atoms with Crippen LogP contribution in [0.2, 0.25) is 0 Å². The fraction of sp³-hybridized carbons (Fsp3) is 0.188. The highest BCUT2D eigenvalue weighted by atomic mass is 32.2. The second kappa shape index (κ2) is 5.40. The maximum absolute atomic E-state index is 4.70. The van der Waals surface area contributed by atoms with Gasteiger partial charge in [0.15, 0.2) is 0 Å². The quantitative estimate of drug-likeness (QED) is 0.750. The van der Waals surface area contributed by atoms with E-state index < -0.39 is 0 Å². The predicted octanol–water partition coefficient (Wildman–Crippen LogP) is 5.17. The van der Waals surface area contributed by atoms with Crippen LogP contribution in [-0.4, -0.2) is 4.98 Å². The van der Waals surface area contributed by atoms with Gasteiger partial charge < -0.3 is 0 Å². The normalized spacial score (nSPS) is 11.8. The van der Waals surface area contributed by atoms with Gasteiger partial charge in [-0.25, -0.2) is 4.98 Å². The Bertz CT molecular complexity index is 626. The zero-order chi connectivity index (χ0) is 13.1. The summed E-state index contributed by atoms with van der Waals surface area (Å²) >= 11 is 1.65. The standard InChI is InChI=1S/C16H17NS/c1-11(2)18-10-13(4)16-9-12(3)14-7-5-6-8-15(14)17-16/h5-10H,1H2,2-4H3/b13-10+. The molecular formula is C16H17NS. The van der Waals surface area contributed by atoms with E-state index in [4.69, 9.17) is 4.98 Å². The zero-order valence-corrected chi connectivity index (χ0v) is 11.8. The van der Waals surface area contributed by atoms with Crippen molar-refractivity contribution in [3.8, 4) is 0 Å². The first-order valence-electron chi connectivity index (χ1n) is 5.93. The van der Waals surface area contributed by atoms with Gasteiger partial charge in [0.05, 0.1) is 11.2 Å². The van der Waals surface area contributed by atoms with Gasteiger partial charge in [0.25, 0.3) is 0 Å². The highest BCUT2D eigenvalue weighted by Gasteiger charge is 2.03. The predicted molar refractivity (Wildman–Crippen MR) is 82.5 cm³/mol. The summed E-state index contributed by atoms with van der Waals surface area (Å²) in [6.07, 6.45) is 0. The molecule has 2 rings (SSSR count). The Kier molecular flexibility index (Phi) is 3.87. The van der Waals surface area contributed by atoms with Gasteiger partial charge in [0.1, 0.15) is 0 Å². The van der Waals surface area contributed by atoms with Gasteiger partial charge in [0, 0.05) is 5.39 Å². The molecule has 0 fully saturated rings. The lowest BCUT2D eigenvalue weighted by molar-refractivity contribution is 1.30. The molecule has 92 valence electrons. The fourth-order valence-electron chi connectivity index (χ4n) is 1.80. The van der Waals surface area contributed by atoms with Crippen molar-refractivity contribution in [2.24, 2.45) is 0 Å². The third-order valence-electron chi connectivity index (χ3n) is 2.76. The molecule has 0 aliphatic carbocycles. The highest BCUT2D eigenvalue weighted by molar-refractivity contribution is 8.05. The Hall–Kier alpha value is -1.54. The molecule has 1 heterocycles. The lowest BCUT2D eigenvalue weighted by atomic mass is 10.1. The molecule has 2 heteroatoms. The van der Waals surface area contributed by atoms with E-state index in [0.717, 1.165) is 16.1 Å². The second-order valence-corrected chi connectivity index (χ2v) is 5.63. The Morgan fingerprint density at radius 3 is 2.72 bits per heavy atom. The summed E-state index contributed by atoms with van der Waals surface area (Å²) in [5.74, 6) is 0. The molecule has 0 saturated carbocycles. The van der Waals surface area contributed by atoms with Crippen LogP contribution >= 0.6 is 11.8 Å². The number of para-hydroxylation sites is 1. The molecule has 1 aromatic heterocycles. The molecule has 1 aromatic carbocycles. The first-order chi connectivity index (χ1) is 8.58. The largest absolute Gasteiger partial charge is 0.248 e. The van der Waals surface area contributed by atoms with Crippen LogP contribution in [0.15, 0.2) is 47.2 Å². The summed E-state index contributed by atoms with van der Waals surface area (Å²) in [6.45, 7) is 10.1. The van der Waals surface area contributed by atoms with Crippen LogP contribution in [0.4, 0.5) is 0 Å². The minimum Gasteiger partial charge on any atom is -0.248 e. The van der Waals surface area contributed by atoms with Crippen LogP contribution in [-0.2, 0) is 0 Å². The molecule has 0 N–H and O–H groups in total. The Labute approximate surface area is 113 Å². The maximum atomic E-state index is 4.70. The van der Waals surface area contributed by atoms with Gasteiger partial charge >= 0.3 is 0 Å². The lowest BCUT2D eigenvalue weighted by Gasteiger charge is -2.06. The van der Waals surface area contributed by atoms with E-state index in [-0.39, 0.29) is 0 Å². The number of thioether (sulfide) groups is 1. The van der Waals surface area contributed by atoms with E-state index in [1.165, 1.54) is 16.5 Å². The van der Waals surface area contributed by atoms with Crippen molar-refractivity contribution in [1.82, 2.24) is 4.98 Å². The van der Waals surface area contributed by atoms with Gasteiger partial charge in [-0.3, -0.25) is 0 Å². The molecule has 0 saturated heterocycles. The minimum absolute atomic E-state index is 1.04. The number of allylic oxidation sites excluding steroid dienone is 2. The SMILES string of the molecule is C=C(C)S/C=C(\C)c1cc(C)c2ccccc2n1. The smallest absolute Gasteiger partial charge is 0.0712 e. The summed E-state index contributed by atoms with van der Waals surface area (Å²) in [6, 6.07) is 10.4. The van der Waals surface area contributed by atoms with Gasteiger partial charge in [-0.1, -0.05) is 24.8 Å². The second-order valence-electron chi connectivity index (χ2n) is 4.46. The third-order valence-corrected chi connectivity index (χ3v) is 3.64. The van der Waals surface area contributed by atoms with Crippen LogP contribution in [0.5, 0.6) is 0 Å². The summed E-state index contributed by atoms with van der Waals surface area (Å²) in [7, 11) is 0. The highest BCUT2D eigenvalue weighted by Crippen LogP contribution is 2.24. The fourth-order valence-corrected chi connectivity index (χ4v) is 2.30. The number of aryl methyl sites for hydroxylation is 1. The third kappa shape index (κ3) is 2.82. The van der Waals surface area contributed by atoms with Crippen LogP contribution in [0, 0.1) is 6.92 Å². The van der Waals surface area contributed by atoms with Crippen molar-refractivity contribution in [3.63, 3.8) is 0 Å². The van der Waals surface area contributed by atoms with Gasteiger partial charge in [-0.15, -0.1) is 11.8 Å². The number of pyridine rings is 1. The summed E-state index contributed by atoms with van der Waals surface area (Å²) in [5.41, 5.74) is 4.54. The Morgan fingerprint density at radius 2 is 2.00 bits per heavy atom. The van der Waals surface area contributed by atoms with Gasteiger partial charge in [-0.2, -0.15) is 0 Å². The number of hydrogen-bond donors (Lipinski definition) is 0. The van der Waals surface area contributed by atoms with E-state index in [1.807, 2.05) is 13.0 Å². The van der Waals surface area contributed by atoms with E-state index in [1.54, 1.807) is 11.8 Å². The van der Waals surface area contributed by atoms with Crippen molar-refractivity contribution < 1.29 is 0 Å². The van der Waals surface area contributed by atoms with Crippen molar-refractivity contribution in [3.05, 3.63) is 58.5 Å². The van der Waals surface area contributed by atoms with Gasteiger partial charge in [-0.05, 0) is 54.4 Å². The van der Waals surface area contributed by atoms with Crippen molar-refractivity contribution in [2.45, 2.75) is 20.8 Å². The molecule has 0 amide bonds. The van der Waals surface area contributed by atoms with Crippen LogP contribution in [0.1, 0.15) is 25.1 Å². The molecule has 1 nitrogen and oxygen atoms in total. The van der Waals surface area contributed by atoms with Crippen LogP contribution in [0.25, 0.3) is 16.5 Å². The number of benzene rings is 1. The number of hydrogen-bond acceptors (Lipinski definition) is 2.